The van der Waals surface area contributed by atoms with Crippen LogP contribution >= 0.6 is 11.3 Å². The van der Waals surface area contributed by atoms with Gasteiger partial charge in [-0.2, -0.15) is 5.26 Å². The molecule has 1 heterocycles. The van der Waals surface area contributed by atoms with Crippen molar-refractivity contribution in [1.82, 2.24) is 0 Å². The highest BCUT2D eigenvalue weighted by molar-refractivity contribution is 7.16. The highest BCUT2D eigenvalue weighted by atomic mass is 32.1. The molecule has 1 N–H and O–H groups in total. The number of ether oxygens (including phenoxy) is 2. The summed E-state index contributed by atoms with van der Waals surface area (Å²) < 4.78 is 9.84. The minimum atomic E-state index is -0.599. The monoisotopic (exact) mass is 294 g/mol. The van der Waals surface area contributed by atoms with E-state index in [9.17, 15) is 10.1 Å². The molecular formula is C14H18N2O3S. The molecule has 1 aromatic rings. The van der Waals surface area contributed by atoms with Crippen LogP contribution < -0.4 is 5.32 Å². The van der Waals surface area contributed by atoms with Gasteiger partial charge in [-0.05, 0) is 37.7 Å². The minimum Gasteiger partial charge on any atom is -0.435 e. The summed E-state index contributed by atoms with van der Waals surface area (Å²) in [5.41, 5.74) is 1.94. The number of carbonyl (C=O) groups is 1. The van der Waals surface area contributed by atoms with E-state index in [1.54, 1.807) is 18.3 Å². The lowest BCUT2D eigenvalue weighted by Crippen LogP contribution is -2.20. The Hall–Kier alpha value is -1.74. The third-order valence-corrected chi connectivity index (χ3v) is 4.68. The second-order valence-corrected chi connectivity index (χ2v) is 5.78. The van der Waals surface area contributed by atoms with Crippen LogP contribution in [-0.2, 0) is 22.3 Å². The zero-order chi connectivity index (χ0) is 14.5. The number of carbonyl (C=O) groups excluding carboxylic acids is 1. The summed E-state index contributed by atoms with van der Waals surface area (Å²) in [7, 11) is 1.83. The summed E-state index contributed by atoms with van der Waals surface area (Å²) >= 11 is 1.63. The summed E-state index contributed by atoms with van der Waals surface area (Å²) in [5.74, 6) is 0.307. The second kappa shape index (κ2) is 6.62. The lowest BCUT2D eigenvalue weighted by Gasteiger charge is -2.21. The molecule has 2 rings (SSSR count). The van der Waals surface area contributed by atoms with Crippen LogP contribution in [-0.4, -0.2) is 26.4 Å². The van der Waals surface area contributed by atoms with E-state index in [-0.39, 0.29) is 0 Å². The van der Waals surface area contributed by atoms with E-state index in [4.69, 9.17) is 9.47 Å². The van der Waals surface area contributed by atoms with Gasteiger partial charge in [-0.3, -0.25) is 0 Å². The lowest BCUT2D eigenvalue weighted by atomic mass is 9.88. The number of nitriles is 1. The SMILES string of the molecule is CCOC(=O)OCC1CCc2c(sc(NC)c2C#N)C1. The zero-order valence-corrected chi connectivity index (χ0v) is 12.5. The molecule has 5 nitrogen and oxygen atoms in total. The lowest BCUT2D eigenvalue weighted by molar-refractivity contribution is 0.0461. The van der Waals surface area contributed by atoms with Gasteiger partial charge in [0.05, 0.1) is 18.8 Å². The number of fused-ring (bicyclic) bond motifs is 1. The molecule has 108 valence electrons. The van der Waals surface area contributed by atoms with Crippen LogP contribution in [0.1, 0.15) is 29.3 Å². The first-order valence-corrected chi connectivity index (χ1v) is 7.53. The Balaban J connectivity index is 1.99. The fourth-order valence-electron chi connectivity index (χ4n) is 2.44. The van der Waals surface area contributed by atoms with Gasteiger partial charge < -0.3 is 14.8 Å². The van der Waals surface area contributed by atoms with Gasteiger partial charge in [0, 0.05) is 11.9 Å². The van der Waals surface area contributed by atoms with E-state index in [2.05, 4.69) is 11.4 Å². The van der Waals surface area contributed by atoms with Gasteiger partial charge in [0.25, 0.3) is 0 Å². The first-order valence-electron chi connectivity index (χ1n) is 6.71. The summed E-state index contributed by atoms with van der Waals surface area (Å²) in [6, 6.07) is 2.28. The van der Waals surface area contributed by atoms with Crippen LogP contribution in [0.25, 0.3) is 0 Å². The maximum absolute atomic E-state index is 11.2. The van der Waals surface area contributed by atoms with Gasteiger partial charge in [-0.1, -0.05) is 0 Å². The van der Waals surface area contributed by atoms with Gasteiger partial charge in [-0.25, -0.2) is 4.79 Å². The van der Waals surface area contributed by atoms with Crippen LogP contribution in [0, 0.1) is 17.2 Å². The van der Waals surface area contributed by atoms with Crippen LogP contribution in [0.5, 0.6) is 0 Å². The number of hydrogen-bond donors (Lipinski definition) is 1. The number of anilines is 1. The highest BCUT2D eigenvalue weighted by Crippen LogP contribution is 2.39. The largest absolute Gasteiger partial charge is 0.508 e. The fourth-order valence-corrected chi connectivity index (χ4v) is 3.70. The molecule has 6 heteroatoms. The molecule has 0 aliphatic heterocycles. The van der Waals surface area contributed by atoms with Crippen molar-refractivity contribution in [1.29, 1.82) is 5.26 Å². The van der Waals surface area contributed by atoms with E-state index in [0.29, 0.717) is 19.1 Å². The van der Waals surface area contributed by atoms with Gasteiger partial charge in [0.1, 0.15) is 11.1 Å². The maximum atomic E-state index is 11.2. The normalized spacial score (nSPS) is 16.9. The molecule has 1 atom stereocenters. The summed E-state index contributed by atoms with van der Waals surface area (Å²) in [6.45, 7) is 2.46. The van der Waals surface area contributed by atoms with Gasteiger partial charge >= 0.3 is 6.16 Å². The highest BCUT2D eigenvalue weighted by Gasteiger charge is 2.26. The molecule has 0 amide bonds. The van der Waals surface area contributed by atoms with Crippen molar-refractivity contribution in [3.8, 4) is 6.07 Å². The molecule has 20 heavy (non-hydrogen) atoms. The number of nitrogens with zero attached hydrogens (tertiary/aromatic N) is 1. The van der Waals surface area contributed by atoms with Crippen molar-refractivity contribution in [3.63, 3.8) is 0 Å². The maximum Gasteiger partial charge on any atom is 0.508 e. The van der Waals surface area contributed by atoms with Crippen molar-refractivity contribution in [3.05, 3.63) is 16.0 Å². The molecule has 1 aliphatic rings. The van der Waals surface area contributed by atoms with Gasteiger partial charge in [0.15, 0.2) is 0 Å². The van der Waals surface area contributed by atoms with Crippen LogP contribution in [0.3, 0.4) is 0 Å². The van der Waals surface area contributed by atoms with Crippen LogP contribution in [0.4, 0.5) is 9.80 Å². The van der Waals surface area contributed by atoms with Crippen molar-refractivity contribution in [2.24, 2.45) is 5.92 Å². The third kappa shape index (κ3) is 3.05. The smallest absolute Gasteiger partial charge is 0.435 e. The fraction of sp³-hybridized carbons (Fsp3) is 0.571. The van der Waals surface area contributed by atoms with Crippen molar-refractivity contribution in [2.75, 3.05) is 25.6 Å². The van der Waals surface area contributed by atoms with Crippen molar-refractivity contribution < 1.29 is 14.3 Å². The Kier molecular flexibility index (Phi) is 4.85. The molecule has 1 aromatic heterocycles. The Labute approximate surface area is 122 Å². The molecule has 0 bridgehead atoms. The molecule has 0 saturated heterocycles. The zero-order valence-electron chi connectivity index (χ0n) is 11.7. The average Bonchev–Trinajstić information content (AvgIpc) is 2.82. The molecule has 0 saturated carbocycles. The van der Waals surface area contributed by atoms with Crippen molar-refractivity contribution in [2.45, 2.75) is 26.2 Å². The minimum absolute atomic E-state index is 0.307. The Morgan fingerprint density at radius 1 is 1.55 bits per heavy atom. The third-order valence-electron chi connectivity index (χ3n) is 3.41. The van der Waals surface area contributed by atoms with E-state index in [1.807, 2.05) is 7.05 Å². The first-order chi connectivity index (χ1) is 9.69. The Morgan fingerprint density at radius 3 is 3.00 bits per heavy atom. The predicted molar refractivity (Wildman–Crippen MR) is 77.1 cm³/mol. The number of hydrogen-bond acceptors (Lipinski definition) is 6. The molecule has 0 spiro atoms. The van der Waals surface area contributed by atoms with Crippen molar-refractivity contribution >= 4 is 22.5 Å². The molecule has 1 unspecified atom stereocenters. The number of nitrogens with one attached hydrogen (secondary N) is 1. The number of thiophene rings is 1. The Morgan fingerprint density at radius 2 is 2.35 bits per heavy atom. The molecule has 0 aromatic carbocycles. The van der Waals surface area contributed by atoms with E-state index in [0.717, 1.165) is 35.4 Å². The Bertz CT molecular complexity index is 533. The molecule has 1 aliphatic carbocycles. The first kappa shape index (κ1) is 14.7. The average molecular weight is 294 g/mol. The second-order valence-electron chi connectivity index (χ2n) is 4.67. The number of rotatable bonds is 4. The molecule has 0 fully saturated rings. The van der Waals surface area contributed by atoms with Gasteiger partial charge in [-0.15, -0.1) is 11.3 Å². The van der Waals surface area contributed by atoms with E-state index < -0.39 is 6.16 Å². The molecular weight excluding hydrogens is 276 g/mol. The van der Waals surface area contributed by atoms with Gasteiger partial charge in [0.2, 0.25) is 0 Å². The summed E-state index contributed by atoms with van der Waals surface area (Å²) in [6.07, 6.45) is 2.06. The van der Waals surface area contributed by atoms with E-state index >= 15 is 0 Å². The van der Waals surface area contributed by atoms with Crippen LogP contribution in [0.2, 0.25) is 0 Å². The van der Waals surface area contributed by atoms with Crippen LogP contribution in [0.15, 0.2) is 0 Å². The summed E-state index contributed by atoms with van der Waals surface area (Å²) in [4.78, 5) is 12.4. The molecule has 0 radical (unpaired) electrons. The predicted octanol–water partition coefficient (Wildman–Crippen LogP) is 2.94. The standard InChI is InChI=1S/C14H18N2O3S/c1-3-18-14(17)19-8-9-4-5-10-11(7-15)13(16-2)20-12(10)6-9/h9,16H,3-6,8H2,1-2H3. The topological polar surface area (TPSA) is 71.3 Å². The van der Waals surface area contributed by atoms with E-state index in [1.165, 1.54) is 4.88 Å². The quantitative estimate of drug-likeness (QED) is 0.864. The summed E-state index contributed by atoms with van der Waals surface area (Å²) in [5, 5.41) is 13.2.